The molecule has 19 heavy (non-hydrogen) atoms. The Hall–Kier alpha value is -2.08. The summed E-state index contributed by atoms with van der Waals surface area (Å²) in [5.41, 5.74) is 1.93. The van der Waals surface area contributed by atoms with Crippen molar-refractivity contribution in [3.63, 3.8) is 0 Å². The number of aromatic nitrogens is 1. The normalized spacial score (nSPS) is 21.4. The van der Waals surface area contributed by atoms with Gasteiger partial charge in [0.15, 0.2) is 0 Å². The Balaban J connectivity index is 1.54. The maximum atomic E-state index is 12.0. The van der Waals surface area contributed by atoms with Gasteiger partial charge in [0, 0.05) is 25.0 Å². The number of ether oxygens (including phenoxy) is 1. The van der Waals surface area contributed by atoms with E-state index in [0.29, 0.717) is 13.1 Å². The van der Waals surface area contributed by atoms with Crippen molar-refractivity contribution in [2.24, 2.45) is 0 Å². The standard InChI is InChI=1S/C13H16N4O2/c18-13(19-8-10-3-1-2-5-14-10)17-6-4-11-12(7-17)16-9-15-11/h1-5,12,15-16H,6-9H2. The topological polar surface area (TPSA) is 66.5 Å². The van der Waals surface area contributed by atoms with Gasteiger partial charge in [-0.3, -0.25) is 10.3 Å². The molecule has 1 saturated heterocycles. The lowest BCUT2D eigenvalue weighted by Gasteiger charge is -2.28. The van der Waals surface area contributed by atoms with Gasteiger partial charge in [-0.25, -0.2) is 4.79 Å². The van der Waals surface area contributed by atoms with E-state index in [4.69, 9.17) is 4.74 Å². The number of fused-ring (bicyclic) bond motifs is 1. The molecule has 2 aliphatic rings. The van der Waals surface area contributed by atoms with Gasteiger partial charge in [-0.15, -0.1) is 0 Å². The summed E-state index contributed by atoms with van der Waals surface area (Å²) >= 11 is 0. The molecule has 6 heteroatoms. The third-order valence-electron chi connectivity index (χ3n) is 3.28. The zero-order valence-corrected chi connectivity index (χ0v) is 10.5. The number of hydrogen-bond acceptors (Lipinski definition) is 5. The van der Waals surface area contributed by atoms with E-state index in [1.54, 1.807) is 11.1 Å². The van der Waals surface area contributed by atoms with Crippen molar-refractivity contribution >= 4 is 6.09 Å². The van der Waals surface area contributed by atoms with E-state index in [0.717, 1.165) is 12.4 Å². The van der Waals surface area contributed by atoms with E-state index in [9.17, 15) is 4.79 Å². The molecule has 3 heterocycles. The number of nitrogens with zero attached hydrogens (tertiary/aromatic N) is 2. The van der Waals surface area contributed by atoms with Crippen LogP contribution in [-0.4, -0.2) is 41.8 Å². The maximum Gasteiger partial charge on any atom is 0.410 e. The third kappa shape index (κ3) is 2.68. The second-order valence-corrected chi connectivity index (χ2v) is 4.55. The predicted octanol–water partition coefficient (Wildman–Crippen LogP) is 0.437. The Morgan fingerprint density at radius 3 is 3.32 bits per heavy atom. The van der Waals surface area contributed by atoms with Crippen molar-refractivity contribution in [2.45, 2.75) is 12.6 Å². The molecule has 0 saturated carbocycles. The summed E-state index contributed by atoms with van der Waals surface area (Å²) in [7, 11) is 0. The van der Waals surface area contributed by atoms with E-state index in [1.165, 1.54) is 5.70 Å². The molecule has 1 fully saturated rings. The average molecular weight is 260 g/mol. The van der Waals surface area contributed by atoms with Gasteiger partial charge >= 0.3 is 6.09 Å². The van der Waals surface area contributed by atoms with Crippen molar-refractivity contribution in [1.82, 2.24) is 20.5 Å². The number of carbonyl (C=O) groups is 1. The number of nitrogens with one attached hydrogen (secondary N) is 2. The molecular formula is C13H16N4O2. The van der Waals surface area contributed by atoms with Crippen molar-refractivity contribution < 1.29 is 9.53 Å². The summed E-state index contributed by atoms with van der Waals surface area (Å²) in [5.74, 6) is 0. The molecule has 0 aromatic carbocycles. The monoisotopic (exact) mass is 260 g/mol. The Morgan fingerprint density at radius 1 is 1.53 bits per heavy atom. The van der Waals surface area contributed by atoms with Crippen LogP contribution in [0.15, 0.2) is 36.2 Å². The molecule has 1 aromatic rings. The molecule has 2 aliphatic heterocycles. The van der Waals surface area contributed by atoms with Gasteiger partial charge in [0.05, 0.1) is 18.4 Å². The maximum absolute atomic E-state index is 12.0. The lowest BCUT2D eigenvalue weighted by Crippen LogP contribution is -2.45. The minimum Gasteiger partial charge on any atom is -0.443 e. The highest BCUT2D eigenvalue weighted by Crippen LogP contribution is 2.13. The van der Waals surface area contributed by atoms with E-state index in [2.05, 4.69) is 15.6 Å². The van der Waals surface area contributed by atoms with E-state index >= 15 is 0 Å². The molecule has 2 N–H and O–H groups in total. The van der Waals surface area contributed by atoms with Gasteiger partial charge in [-0.2, -0.15) is 0 Å². The first-order valence-electron chi connectivity index (χ1n) is 6.32. The fourth-order valence-corrected chi connectivity index (χ4v) is 2.25. The molecule has 6 nitrogen and oxygen atoms in total. The van der Waals surface area contributed by atoms with Crippen molar-refractivity contribution in [2.75, 3.05) is 19.8 Å². The van der Waals surface area contributed by atoms with Crippen LogP contribution >= 0.6 is 0 Å². The number of pyridine rings is 1. The first-order chi connectivity index (χ1) is 9.33. The second kappa shape index (κ2) is 5.27. The highest BCUT2D eigenvalue weighted by molar-refractivity contribution is 5.68. The van der Waals surface area contributed by atoms with E-state index in [-0.39, 0.29) is 18.7 Å². The zero-order valence-electron chi connectivity index (χ0n) is 10.5. The average Bonchev–Trinajstić information content (AvgIpc) is 2.93. The molecule has 1 aromatic heterocycles. The molecule has 0 radical (unpaired) electrons. The quantitative estimate of drug-likeness (QED) is 0.807. The fourth-order valence-electron chi connectivity index (χ4n) is 2.25. The molecule has 0 spiro atoms. The smallest absolute Gasteiger partial charge is 0.410 e. The van der Waals surface area contributed by atoms with Crippen LogP contribution in [0, 0.1) is 0 Å². The SMILES string of the molecule is O=C(OCc1ccccn1)N1CC=C2NCNC2C1. The van der Waals surface area contributed by atoms with Crippen LogP contribution < -0.4 is 10.6 Å². The van der Waals surface area contributed by atoms with Crippen molar-refractivity contribution in [1.29, 1.82) is 0 Å². The Morgan fingerprint density at radius 2 is 2.47 bits per heavy atom. The summed E-state index contributed by atoms with van der Waals surface area (Å²) in [6.07, 6.45) is 3.42. The summed E-state index contributed by atoms with van der Waals surface area (Å²) in [5, 5.41) is 6.51. The van der Waals surface area contributed by atoms with Gasteiger partial charge in [-0.1, -0.05) is 6.07 Å². The Kier molecular flexibility index (Phi) is 3.33. The summed E-state index contributed by atoms with van der Waals surface area (Å²) in [4.78, 5) is 17.8. The van der Waals surface area contributed by atoms with Crippen LogP contribution in [0.1, 0.15) is 5.69 Å². The van der Waals surface area contributed by atoms with Gasteiger partial charge in [-0.05, 0) is 18.2 Å². The zero-order chi connectivity index (χ0) is 13.1. The van der Waals surface area contributed by atoms with Gasteiger partial charge < -0.3 is 15.0 Å². The van der Waals surface area contributed by atoms with Crippen molar-refractivity contribution in [3.8, 4) is 0 Å². The molecular weight excluding hydrogens is 244 g/mol. The van der Waals surface area contributed by atoms with Gasteiger partial charge in [0.1, 0.15) is 6.61 Å². The third-order valence-corrected chi connectivity index (χ3v) is 3.28. The minimum atomic E-state index is -0.297. The second-order valence-electron chi connectivity index (χ2n) is 4.55. The predicted molar refractivity (Wildman–Crippen MR) is 69.0 cm³/mol. The van der Waals surface area contributed by atoms with Gasteiger partial charge in [0.25, 0.3) is 0 Å². The lowest BCUT2D eigenvalue weighted by molar-refractivity contribution is 0.0956. The highest BCUT2D eigenvalue weighted by atomic mass is 16.6. The molecule has 1 atom stereocenters. The number of hydrogen-bond donors (Lipinski definition) is 2. The van der Waals surface area contributed by atoms with Crippen LogP contribution in [0.2, 0.25) is 0 Å². The molecule has 3 rings (SSSR count). The molecule has 0 aliphatic carbocycles. The fraction of sp³-hybridized carbons (Fsp3) is 0.385. The Bertz CT molecular complexity index is 489. The first-order valence-corrected chi connectivity index (χ1v) is 6.32. The summed E-state index contributed by atoms with van der Waals surface area (Å²) in [6.45, 7) is 2.19. The summed E-state index contributed by atoms with van der Waals surface area (Å²) in [6, 6.07) is 5.75. The summed E-state index contributed by atoms with van der Waals surface area (Å²) < 4.78 is 5.26. The van der Waals surface area contributed by atoms with Crippen LogP contribution in [0.5, 0.6) is 0 Å². The van der Waals surface area contributed by atoms with Crippen molar-refractivity contribution in [3.05, 3.63) is 41.9 Å². The Labute approximate surface area is 111 Å². The first kappa shape index (κ1) is 12.0. The van der Waals surface area contributed by atoms with E-state index < -0.39 is 0 Å². The number of amides is 1. The molecule has 0 bridgehead atoms. The number of carbonyl (C=O) groups excluding carboxylic acids is 1. The van der Waals surface area contributed by atoms with Gasteiger partial charge in [0.2, 0.25) is 0 Å². The van der Waals surface area contributed by atoms with Crippen LogP contribution in [-0.2, 0) is 11.3 Å². The minimum absolute atomic E-state index is 0.205. The van der Waals surface area contributed by atoms with Crippen LogP contribution in [0.4, 0.5) is 4.79 Å². The lowest BCUT2D eigenvalue weighted by atomic mass is 10.1. The largest absolute Gasteiger partial charge is 0.443 e. The molecule has 100 valence electrons. The molecule has 1 amide bonds. The number of rotatable bonds is 2. The van der Waals surface area contributed by atoms with E-state index in [1.807, 2.05) is 24.3 Å². The van der Waals surface area contributed by atoms with Crippen LogP contribution in [0.3, 0.4) is 0 Å². The highest BCUT2D eigenvalue weighted by Gasteiger charge is 2.29. The van der Waals surface area contributed by atoms with Crippen LogP contribution in [0.25, 0.3) is 0 Å². The molecule has 1 unspecified atom stereocenters.